The van der Waals surface area contributed by atoms with Gasteiger partial charge in [0.15, 0.2) is 11.6 Å². The number of nitrogens with one attached hydrogen (secondary N) is 1. The Morgan fingerprint density at radius 3 is 2.41 bits per heavy atom. The Balaban J connectivity index is 1.86. The van der Waals surface area contributed by atoms with Crippen molar-refractivity contribution >= 4 is 11.8 Å². The standard InChI is InChI=1S/C18H14F5N7O4/c1-8(15-27-7-28-30(15)13-5-12(14(24)31)25-6-26-13)29-16(32)9-2-10(33-17(19)20)4-11(3-9)34-18(21,22)23/h2-8,17H,1H3,(H2,24,31)(H,29,32)/t8-/m0/s1. The first kappa shape index (κ1) is 24.3. The smallest absolute Gasteiger partial charge is 0.435 e. The van der Waals surface area contributed by atoms with Crippen molar-refractivity contribution in [2.75, 3.05) is 0 Å². The Morgan fingerprint density at radius 2 is 1.76 bits per heavy atom. The first-order chi connectivity index (χ1) is 15.9. The molecule has 3 aromatic rings. The van der Waals surface area contributed by atoms with E-state index < -0.39 is 47.9 Å². The van der Waals surface area contributed by atoms with Crippen molar-refractivity contribution in [3.63, 3.8) is 0 Å². The summed E-state index contributed by atoms with van der Waals surface area (Å²) in [4.78, 5) is 35.7. The van der Waals surface area contributed by atoms with Crippen LogP contribution in [0.1, 0.15) is 39.6 Å². The molecule has 180 valence electrons. The Morgan fingerprint density at radius 1 is 1.06 bits per heavy atom. The van der Waals surface area contributed by atoms with Gasteiger partial charge in [-0.2, -0.15) is 18.6 Å². The second-order valence-corrected chi connectivity index (χ2v) is 6.47. The lowest BCUT2D eigenvalue weighted by atomic mass is 10.1. The molecule has 0 fully saturated rings. The van der Waals surface area contributed by atoms with Crippen LogP contribution in [0.3, 0.4) is 0 Å². The number of nitrogens with zero attached hydrogens (tertiary/aromatic N) is 5. The molecule has 2 amide bonds. The van der Waals surface area contributed by atoms with Crippen molar-refractivity contribution in [3.05, 3.63) is 54.0 Å². The second-order valence-electron chi connectivity index (χ2n) is 6.47. The predicted molar refractivity (Wildman–Crippen MR) is 101 cm³/mol. The Hall–Kier alpha value is -4.37. The lowest BCUT2D eigenvalue weighted by Crippen LogP contribution is -2.29. The van der Waals surface area contributed by atoms with Crippen LogP contribution >= 0.6 is 0 Å². The van der Waals surface area contributed by atoms with Crippen molar-refractivity contribution < 1.29 is 41.0 Å². The third-order valence-electron chi connectivity index (χ3n) is 4.03. The van der Waals surface area contributed by atoms with Crippen molar-refractivity contribution in [1.29, 1.82) is 0 Å². The number of alkyl halides is 5. The maximum atomic E-state index is 12.7. The highest BCUT2D eigenvalue weighted by atomic mass is 19.4. The van der Waals surface area contributed by atoms with Gasteiger partial charge in [0.05, 0.1) is 6.04 Å². The molecule has 3 rings (SSSR count). The van der Waals surface area contributed by atoms with E-state index in [-0.39, 0.29) is 17.3 Å². The molecule has 0 saturated heterocycles. The number of aromatic nitrogens is 5. The molecule has 0 radical (unpaired) electrons. The van der Waals surface area contributed by atoms with Crippen molar-refractivity contribution in [2.45, 2.75) is 25.9 Å². The zero-order valence-corrected chi connectivity index (χ0v) is 17.0. The summed E-state index contributed by atoms with van der Waals surface area (Å²) >= 11 is 0. The molecule has 11 nitrogen and oxygen atoms in total. The van der Waals surface area contributed by atoms with Gasteiger partial charge in [0, 0.05) is 17.7 Å². The fraction of sp³-hybridized carbons (Fsp3) is 0.222. The van der Waals surface area contributed by atoms with Crippen LogP contribution in [0.15, 0.2) is 36.9 Å². The first-order valence-corrected chi connectivity index (χ1v) is 9.11. The van der Waals surface area contributed by atoms with E-state index in [1.165, 1.54) is 13.0 Å². The molecule has 0 saturated carbocycles. The molecule has 1 aromatic carbocycles. The zero-order valence-electron chi connectivity index (χ0n) is 17.0. The first-order valence-electron chi connectivity index (χ1n) is 9.11. The van der Waals surface area contributed by atoms with Crippen molar-refractivity contribution in [2.24, 2.45) is 5.73 Å². The Labute approximate surface area is 186 Å². The van der Waals surface area contributed by atoms with Gasteiger partial charge >= 0.3 is 13.0 Å². The molecule has 3 N–H and O–H groups in total. The summed E-state index contributed by atoms with van der Waals surface area (Å²) in [5.74, 6) is -3.26. The molecule has 0 aliphatic heterocycles. The summed E-state index contributed by atoms with van der Waals surface area (Å²) < 4.78 is 71.8. The monoisotopic (exact) mass is 487 g/mol. The highest BCUT2D eigenvalue weighted by molar-refractivity contribution is 5.95. The van der Waals surface area contributed by atoms with Crippen molar-refractivity contribution in [3.8, 4) is 17.3 Å². The number of amides is 2. The minimum Gasteiger partial charge on any atom is -0.435 e. The molecule has 0 aliphatic carbocycles. The van der Waals surface area contributed by atoms with E-state index in [2.05, 4.69) is 34.8 Å². The maximum Gasteiger partial charge on any atom is 0.573 e. The molecule has 34 heavy (non-hydrogen) atoms. The number of carbonyl (C=O) groups excluding carboxylic acids is 2. The number of rotatable bonds is 8. The van der Waals surface area contributed by atoms with Gasteiger partial charge in [0.2, 0.25) is 0 Å². The SMILES string of the molecule is C[C@H](NC(=O)c1cc(OC(F)F)cc(OC(F)(F)F)c1)c1ncnn1-c1cc(C(N)=O)ncn1. The summed E-state index contributed by atoms with van der Waals surface area (Å²) in [5, 5.41) is 6.39. The lowest BCUT2D eigenvalue weighted by molar-refractivity contribution is -0.274. The molecule has 0 unspecified atom stereocenters. The second kappa shape index (κ2) is 9.63. The van der Waals surface area contributed by atoms with Crippen LogP contribution < -0.4 is 20.5 Å². The number of carbonyl (C=O) groups is 2. The van der Waals surface area contributed by atoms with Crippen LogP contribution in [-0.2, 0) is 0 Å². The third kappa shape index (κ3) is 6.11. The highest BCUT2D eigenvalue weighted by Gasteiger charge is 2.32. The van der Waals surface area contributed by atoms with E-state index in [1.54, 1.807) is 0 Å². The van der Waals surface area contributed by atoms with Gasteiger partial charge in [-0.25, -0.2) is 15.0 Å². The summed E-state index contributed by atoms with van der Waals surface area (Å²) in [6.07, 6.45) is -2.96. The van der Waals surface area contributed by atoms with Crippen LogP contribution in [0.2, 0.25) is 0 Å². The van der Waals surface area contributed by atoms with Gasteiger partial charge in [-0.3, -0.25) is 9.59 Å². The zero-order chi connectivity index (χ0) is 25.0. The lowest BCUT2D eigenvalue weighted by Gasteiger charge is -2.16. The summed E-state index contributed by atoms with van der Waals surface area (Å²) in [6.45, 7) is -1.89. The summed E-state index contributed by atoms with van der Waals surface area (Å²) in [5.41, 5.74) is 4.61. The van der Waals surface area contributed by atoms with Crippen molar-refractivity contribution in [1.82, 2.24) is 30.0 Å². The molecular formula is C18H14F5N7O4. The minimum absolute atomic E-state index is 0.0885. The number of hydrogen-bond acceptors (Lipinski definition) is 8. The fourth-order valence-corrected chi connectivity index (χ4v) is 2.73. The topological polar surface area (TPSA) is 147 Å². The molecule has 2 heterocycles. The van der Waals surface area contributed by atoms with Gasteiger partial charge in [-0.05, 0) is 19.1 Å². The van der Waals surface area contributed by atoms with Crippen LogP contribution in [0.25, 0.3) is 5.82 Å². The number of hydrogen-bond donors (Lipinski definition) is 2. The predicted octanol–water partition coefficient (Wildman–Crippen LogP) is 2.15. The molecule has 0 spiro atoms. The number of halogens is 5. The molecule has 1 atom stereocenters. The van der Waals surface area contributed by atoms with Crippen LogP contribution in [0.4, 0.5) is 22.0 Å². The molecule has 16 heteroatoms. The summed E-state index contributed by atoms with van der Waals surface area (Å²) in [7, 11) is 0. The van der Waals surface area contributed by atoms with E-state index in [1.807, 2.05) is 0 Å². The number of benzene rings is 1. The molecule has 0 bridgehead atoms. The van der Waals surface area contributed by atoms with Gasteiger partial charge in [0.1, 0.15) is 29.8 Å². The van der Waals surface area contributed by atoms with E-state index >= 15 is 0 Å². The van der Waals surface area contributed by atoms with E-state index in [0.717, 1.165) is 23.4 Å². The largest absolute Gasteiger partial charge is 0.573 e. The summed E-state index contributed by atoms with van der Waals surface area (Å²) in [6, 6.07) is 2.37. The Bertz CT molecular complexity index is 1200. The van der Waals surface area contributed by atoms with Gasteiger partial charge < -0.3 is 20.5 Å². The fourth-order valence-electron chi connectivity index (χ4n) is 2.73. The highest BCUT2D eigenvalue weighted by Crippen LogP contribution is 2.29. The minimum atomic E-state index is -5.14. The van der Waals surface area contributed by atoms with Gasteiger partial charge in [0.25, 0.3) is 11.8 Å². The van der Waals surface area contributed by atoms with E-state index in [4.69, 9.17) is 5.73 Å². The van der Waals surface area contributed by atoms with Crippen LogP contribution in [0, 0.1) is 0 Å². The quantitative estimate of drug-likeness (QED) is 0.460. The average Bonchev–Trinajstić information content (AvgIpc) is 3.22. The maximum absolute atomic E-state index is 12.7. The van der Waals surface area contributed by atoms with Crippen LogP contribution in [0.5, 0.6) is 11.5 Å². The number of ether oxygens (including phenoxy) is 2. The number of nitrogens with two attached hydrogens (primary N) is 1. The normalized spacial score (nSPS) is 12.3. The molecule has 2 aromatic heterocycles. The molecular weight excluding hydrogens is 473 g/mol. The number of primary amides is 1. The average molecular weight is 487 g/mol. The third-order valence-corrected chi connectivity index (χ3v) is 4.03. The van der Waals surface area contributed by atoms with E-state index in [9.17, 15) is 31.5 Å². The van der Waals surface area contributed by atoms with Gasteiger partial charge in [-0.1, -0.05) is 0 Å². The van der Waals surface area contributed by atoms with Gasteiger partial charge in [-0.15, -0.1) is 13.2 Å². The van der Waals surface area contributed by atoms with E-state index in [0.29, 0.717) is 12.1 Å². The molecule has 0 aliphatic rings. The van der Waals surface area contributed by atoms with Crippen LogP contribution in [-0.4, -0.2) is 49.5 Å². The Kier molecular flexibility index (Phi) is 6.88.